The molecule has 0 unspecified atom stereocenters. The van der Waals surface area contributed by atoms with Crippen LogP contribution in [0.1, 0.15) is 33.1 Å². The van der Waals surface area contributed by atoms with Crippen LogP contribution in [0.25, 0.3) is 0 Å². The molecule has 2 amide bonds. The number of benzene rings is 2. The maximum Gasteiger partial charge on any atom is 0.224 e. The van der Waals surface area contributed by atoms with Gasteiger partial charge in [-0.05, 0) is 48.7 Å². The Kier molecular flexibility index (Phi) is 8.44. The number of hydrogen-bond acceptors (Lipinski definition) is 5. The van der Waals surface area contributed by atoms with Crippen molar-refractivity contribution >= 4 is 28.9 Å². The summed E-state index contributed by atoms with van der Waals surface area (Å²) in [4.78, 5) is 24.6. The molecule has 0 radical (unpaired) electrons. The van der Waals surface area contributed by atoms with Crippen LogP contribution >= 0.6 is 0 Å². The molecule has 0 aromatic heterocycles. The lowest BCUT2D eigenvalue weighted by Crippen LogP contribution is -2.44. The van der Waals surface area contributed by atoms with E-state index in [4.69, 9.17) is 9.47 Å². The van der Waals surface area contributed by atoms with Gasteiger partial charge < -0.3 is 25.4 Å². The molecule has 166 valence electrons. The Labute approximate surface area is 183 Å². The fraction of sp³-hybridized carbons (Fsp3) is 0.417. The molecule has 1 aliphatic heterocycles. The quantitative estimate of drug-likeness (QED) is 0.534. The Balaban J connectivity index is 1.43. The molecule has 0 bridgehead atoms. The first-order valence-electron chi connectivity index (χ1n) is 10.7. The van der Waals surface area contributed by atoms with Gasteiger partial charge in [0.05, 0.1) is 19.3 Å². The van der Waals surface area contributed by atoms with Crippen molar-refractivity contribution in [2.75, 3.05) is 23.8 Å². The van der Waals surface area contributed by atoms with Crippen LogP contribution in [0, 0.1) is 5.92 Å². The van der Waals surface area contributed by atoms with Crippen molar-refractivity contribution in [3.63, 3.8) is 0 Å². The van der Waals surface area contributed by atoms with Crippen molar-refractivity contribution in [1.29, 1.82) is 0 Å². The third kappa shape index (κ3) is 7.70. The van der Waals surface area contributed by atoms with Gasteiger partial charge in [0.1, 0.15) is 0 Å². The molecule has 0 spiro atoms. The first-order valence-corrected chi connectivity index (χ1v) is 10.7. The zero-order valence-corrected chi connectivity index (χ0v) is 18.1. The fourth-order valence-corrected chi connectivity index (χ4v) is 3.41. The van der Waals surface area contributed by atoms with Crippen molar-refractivity contribution < 1.29 is 19.1 Å². The molecule has 1 aliphatic rings. The third-order valence-electron chi connectivity index (χ3n) is 4.86. The van der Waals surface area contributed by atoms with Crippen LogP contribution in [-0.2, 0) is 19.1 Å². The summed E-state index contributed by atoms with van der Waals surface area (Å²) in [6.07, 6.45) is 0.562. The predicted molar refractivity (Wildman–Crippen MR) is 121 cm³/mol. The van der Waals surface area contributed by atoms with Crippen LogP contribution in [0.4, 0.5) is 17.1 Å². The second-order valence-corrected chi connectivity index (χ2v) is 8.03. The number of anilines is 3. The second-order valence-electron chi connectivity index (χ2n) is 8.03. The van der Waals surface area contributed by atoms with E-state index in [0.29, 0.717) is 24.8 Å². The van der Waals surface area contributed by atoms with Gasteiger partial charge in [0, 0.05) is 29.9 Å². The van der Waals surface area contributed by atoms with E-state index in [1.54, 1.807) is 0 Å². The van der Waals surface area contributed by atoms with Crippen molar-refractivity contribution in [3.8, 4) is 0 Å². The summed E-state index contributed by atoms with van der Waals surface area (Å²) < 4.78 is 11.1. The molecule has 31 heavy (non-hydrogen) atoms. The van der Waals surface area contributed by atoms with E-state index in [-0.39, 0.29) is 30.7 Å². The first kappa shape index (κ1) is 22.8. The van der Waals surface area contributed by atoms with Gasteiger partial charge in [0.25, 0.3) is 0 Å². The van der Waals surface area contributed by atoms with Crippen LogP contribution in [0.3, 0.4) is 0 Å². The van der Waals surface area contributed by atoms with E-state index in [0.717, 1.165) is 17.8 Å². The summed E-state index contributed by atoms with van der Waals surface area (Å²) in [5, 5.41) is 9.09. The number of ether oxygens (including phenoxy) is 2. The Hall–Kier alpha value is -2.90. The Bertz CT molecular complexity index is 834. The van der Waals surface area contributed by atoms with Gasteiger partial charge in [-0.3, -0.25) is 9.59 Å². The number of hydrogen-bond donors (Lipinski definition) is 3. The zero-order valence-electron chi connectivity index (χ0n) is 18.1. The van der Waals surface area contributed by atoms with Crippen LogP contribution in [0.2, 0.25) is 0 Å². The van der Waals surface area contributed by atoms with Gasteiger partial charge >= 0.3 is 0 Å². The highest BCUT2D eigenvalue weighted by atomic mass is 16.7. The number of rotatable bonds is 10. The number of amides is 2. The molecule has 3 N–H and O–H groups in total. The average molecular weight is 426 g/mol. The van der Waals surface area contributed by atoms with Crippen molar-refractivity contribution in [3.05, 3.63) is 54.6 Å². The maximum absolute atomic E-state index is 12.4. The molecule has 7 nitrogen and oxygen atoms in total. The van der Waals surface area contributed by atoms with Gasteiger partial charge in [0.2, 0.25) is 11.8 Å². The average Bonchev–Trinajstić information content (AvgIpc) is 3.29. The maximum atomic E-state index is 12.4. The molecule has 1 saturated heterocycles. The van der Waals surface area contributed by atoms with Gasteiger partial charge in [-0.15, -0.1) is 0 Å². The number of nitrogens with one attached hydrogen (secondary N) is 3. The van der Waals surface area contributed by atoms with Gasteiger partial charge in [-0.25, -0.2) is 0 Å². The summed E-state index contributed by atoms with van der Waals surface area (Å²) in [6.45, 7) is 5.25. The highest BCUT2D eigenvalue weighted by Crippen LogP contribution is 2.19. The van der Waals surface area contributed by atoms with E-state index < -0.39 is 6.29 Å². The lowest BCUT2D eigenvalue weighted by molar-refractivity contribution is -0.129. The molecule has 0 aliphatic carbocycles. The smallest absolute Gasteiger partial charge is 0.224 e. The predicted octanol–water partition coefficient (Wildman–Crippen LogP) is 4.05. The van der Waals surface area contributed by atoms with Crippen molar-refractivity contribution in [1.82, 2.24) is 5.32 Å². The monoisotopic (exact) mass is 425 g/mol. The minimum absolute atomic E-state index is 0.108. The molecule has 1 heterocycles. The van der Waals surface area contributed by atoms with Crippen molar-refractivity contribution in [2.24, 2.45) is 5.92 Å². The molecule has 1 fully saturated rings. The largest absolute Gasteiger partial charge is 0.356 e. The Morgan fingerprint density at radius 2 is 1.45 bits per heavy atom. The third-order valence-corrected chi connectivity index (χ3v) is 4.86. The number of carbonyl (C=O) groups excluding carboxylic acids is 2. The normalized spacial score (nSPS) is 14.9. The summed E-state index contributed by atoms with van der Waals surface area (Å²) in [6, 6.07) is 17.1. The van der Waals surface area contributed by atoms with E-state index in [2.05, 4.69) is 29.8 Å². The van der Waals surface area contributed by atoms with E-state index in [1.165, 1.54) is 0 Å². The Morgan fingerprint density at radius 1 is 0.871 bits per heavy atom. The lowest BCUT2D eigenvalue weighted by Gasteiger charge is -2.25. The topological polar surface area (TPSA) is 88.7 Å². The minimum Gasteiger partial charge on any atom is -0.356 e. The summed E-state index contributed by atoms with van der Waals surface area (Å²) in [5.74, 6) is 0.00996. The molecule has 2 aromatic rings. The molecule has 3 rings (SSSR count). The number of para-hydroxylation sites is 1. The molecular weight excluding hydrogens is 394 g/mol. The minimum atomic E-state index is -0.414. The van der Waals surface area contributed by atoms with E-state index >= 15 is 0 Å². The molecule has 7 heteroatoms. The summed E-state index contributed by atoms with van der Waals surface area (Å²) in [5.41, 5.74) is 2.61. The van der Waals surface area contributed by atoms with Gasteiger partial charge in [-0.2, -0.15) is 0 Å². The van der Waals surface area contributed by atoms with E-state index in [1.807, 2.05) is 54.6 Å². The van der Waals surface area contributed by atoms with Gasteiger partial charge in [-0.1, -0.05) is 32.0 Å². The zero-order chi connectivity index (χ0) is 22.1. The fourth-order valence-electron chi connectivity index (χ4n) is 3.41. The van der Waals surface area contributed by atoms with E-state index in [9.17, 15) is 9.59 Å². The summed E-state index contributed by atoms with van der Waals surface area (Å²) in [7, 11) is 0. The second kappa shape index (κ2) is 11.5. The first-order chi connectivity index (χ1) is 15.0. The molecule has 0 saturated carbocycles. The van der Waals surface area contributed by atoms with Crippen molar-refractivity contribution in [2.45, 2.75) is 45.4 Å². The number of carbonyl (C=O) groups is 2. The SMILES string of the molecule is CC(C)C[C@H](NC(=O)CCC(=O)Nc1ccc(Nc2ccccc2)cc1)C1OCCO1. The standard InChI is InChI=1S/C24H31N3O4/c1-17(2)16-21(24-30-14-15-31-24)27-23(29)13-12-22(28)26-20-10-8-19(9-11-20)25-18-6-4-3-5-7-18/h3-11,17,21,24-25H,12-16H2,1-2H3,(H,26,28)(H,27,29)/t21-/m0/s1. The molecule has 2 aromatic carbocycles. The molecular formula is C24H31N3O4. The van der Waals surface area contributed by atoms with Crippen LogP contribution in [0.5, 0.6) is 0 Å². The van der Waals surface area contributed by atoms with Crippen LogP contribution in [0.15, 0.2) is 54.6 Å². The molecule has 1 atom stereocenters. The Morgan fingerprint density at radius 3 is 2.10 bits per heavy atom. The van der Waals surface area contributed by atoms with Crippen LogP contribution in [-0.4, -0.2) is 37.4 Å². The van der Waals surface area contributed by atoms with Gasteiger partial charge in [0.15, 0.2) is 6.29 Å². The summed E-state index contributed by atoms with van der Waals surface area (Å²) >= 11 is 0. The lowest BCUT2D eigenvalue weighted by atomic mass is 10.0. The highest BCUT2D eigenvalue weighted by Gasteiger charge is 2.28. The van der Waals surface area contributed by atoms with Crippen LogP contribution < -0.4 is 16.0 Å². The highest BCUT2D eigenvalue weighted by molar-refractivity contribution is 5.93.